The number of ether oxygens (including phenoxy) is 1. The molecule has 0 saturated heterocycles. The number of esters is 1. The molecule has 0 spiro atoms. The summed E-state index contributed by atoms with van der Waals surface area (Å²) < 4.78 is 12.8. The molecule has 2 aromatic carbocycles. The van der Waals surface area contributed by atoms with Gasteiger partial charge in [0.15, 0.2) is 11.4 Å². The molecule has 1 aliphatic carbocycles. The Balaban J connectivity index is 1.75. The van der Waals surface area contributed by atoms with Gasteiger partial charge >= 0.3 is 11.7 Å². The Morgan fingerprint density at radius 1 is 1.21 bits per heavy atom. The zero-order valence-corrected chi connectivity index (χ0v) is 19.4. The van der Waals surface area contributed by atoms with E-state index >= 15 is 0 Å². The second kappa shape index (κ2) is 8.57. The molecule has 0 aliphatic heterocycles. The summed E-state index contributed by atoms with van der Waals surface area (Å²) in [5.74, 6) is -2.71. The molecule has 0 amide bonds. The standard InChI is InChI=1S/C24H21ClN2O7/c1-13-12-24(15(3)28,34-22(29)16-7-9-18(10-8-16)27(31)32)14(2)21-20(13)26(23(30)33-21)19-6-4-5-17(25)11-19/h4-11,13-14H,12H2,1-3H3/t13-,14+,24+/m1/s1. The minimum absolute atomic E-state index is 0.0647. The number of carbonyl (C=O) groups excluding carboxylic acids is 2. The number of nitrogens with zero attached hydrogens (tertiary/aromatic N) is 2. The van der Waals surface area contributed by atoms with Gasteiger partial charge in [-0.05, 0) is 37.3 Å². The number of fused-ring (bicyclic) bond motifs is 1. The summed E-state index contributed by atoms with van der Waals surface area (Å²) in [7, 11) is 0. The lowest BCUT2D eigenvalue weighted by atomic mass is 9.70. The summed E-state index contributed by atoms with van der Waals surface area (Å²) >= 11 is 6.11. The van der Waals surface area contributed by atoms with Crippen LogP contribution in [0.3, 0.4) is 0 Å². The molecule has 0 saturated carbocycles. The smallest absolute Gasteiger partial charge is 0.424 e. The summed E-state index contributed by atoms with van der Waals surface area (Å²) in [6.07, 6.45) is 0.120. The number of nitro groups is 1. The number of hydrogen-bond donors (Lipinski definition) is 0. The first-order chi connectivity index (χ1) is 16.0. The Morgan fingerprint density at radius 2 is 1.88 bits per heavy atom. The minimum atomic E-state index is -1.58. The van der Waals surface area contributed by atoms with E-state index in [2.05, 4.69) is 0 Å². The van der Waals surface area contributed by atoms with Crippen LogP contribution in [0.1, 0.15) is 60.8 Å². The van der Waals surface area contributed by atoms with Gasteiger partial charge in [-0.2, -0.15) is 0 Å². The second-order valence-electron chi connectivity index (χ2n) is 8.40. The third-order valence-corrected chi connectivity index (χ3v) is 6.53. The molecule has 34 heavy (non-hydrogen) atoms. The maximum absolute atomic E-state index is 12.9. The number of oxazole rings is 1. The predicted octanol–water partition coefficient (Wildman–Crippen LogP) is 4.79. The number of nitro benzene ring substituents is 1. The van der Waals surface area contributed by atoms with Crippen molar-refractivity contribution < 1.29 is 23.7 Å². The van der Waals surface area contributed by atoms with Gasteiger partial charge in [0, 0.05) is 29.5 Å². The minimum Gasteiger partial charge on any atom is -0.447 e. The van der Waals surface area contributed by atoms with Crippen molar-refractivity contribution >= 4 is 29.0 Å². The quantitative estimate of drug-likeness (QED) is 0.290. The van der Waals surface area contributed by atoms with Gasteiger partial charge in [0.2, 0.25) is 0 Å². The number of aromatic nitrogens is 1. The fourth-order valence-corrected chi connectivity index (χ4v) is 4.75. The number of rotatable bonds is 5. The van der Waals surface area contributed by atoms with Gasteiger partial charge in [-0.3, -0.25) is 14.9 Å². The molecule has 0 N–H and O–H groups in total. The summed E-state index contributed by atoms with van der Waals surface area (Å²) in [5, 5.41) is 11.3. The van der Waals surface area contributed by atoms with Gasteiger partial charge in [0.05, 0.1) is 27.8 Å². The second-order valence-corrected chi connectivity index (χ2v) is 8.84. The van der Waals surface area contributed by atoms with Crippen LogP contribution in [0.4, 0.5) is 5.69 Å². The Labute approximate surface area is 199 Å². The highest BCUT2D eigenvalue weighted by Gasteiger charge is 2.53. The van der Waals surface area contributed by atoms with Gasteiger partial charge in [-0.25, -0.2) is 14.2 Å². The fraction of sp³-hybridized carbons (Fsp3) is 0.292. The van der Waals surface area contributed by atoms with Crippen LogP contribution in [0.25, 0.3) is 5.69 Å². The SMILES string of the molecule is CC(=O)[C@]1(OC(=O)c2ccc([N+](=O)[O-])cc2)C[C@@H](C)c2c(oc(=O)n2-c2cccc(Cl)c2)[C@@H]1C. The number of carbonyl (C=O) groups is 2. The van der Waals surface area contributed by atoms with Crippen molar-refractivity contribution in [2.45, 2.75) is 44.6 Å². The molecule has 176 valence electrons. The van der Waals surface area contributed by atoms with E-state index in [4.69, 9.17) is 20.8 Å². The topological polar surface area (TPSA) is 122 Å². The van der Waals surface area contributed by atoms with E-state index in [1.807, 2.05) is 6.92 Å². The van der Waals surface area contributed by atoms with Crippen molar-refractivity contribution in [3.05, 3.63) is 91.2 Å². The molecule has 3 atom stereocenters. The summed E-state index contributed by atoms with van der Waals surface area (Å²) in [6.45, 7) is 4.81. The molecule has 0 radical (unpaired) electrons. The molecular formula is C24H21ClN2O7. The number of Topliss-reactive ketones (excluding diaryl/α,β-unsaturated/α-hetero) is 1. The Hall–Kier alpha value is -3.72. The van der Waals surface area contributed by atoms with E-state index < -0.39 is 34.0 Å². The van der Waals surface area contributed by atoms with Crippen LogP contribution in [0.2, 0.25) is 5.02 Å². The van der Waals surface area contributed by atoms with Crippen molar-refractivity contribution in [3.63, 3.8) is 0 Å². The predicted molar refractivity (Wildman–Crippen MR) is 123 cm³/mol. The van der Waals surface area contributed by atoms with Crippen LogP contribution in [0.15, 0.2) is 57.7 Å². The lowest BCUT2D eigenvalue weighted by molar-refractivity contribution is -0.384. The van der Waals surface area contributed by atoms with Gasteiger partial charge in [0.1, 0.15) is 5.76 Å². The maximum atomic E-state index is 12.9. The number of ketones is 1. The first-order valence-corrected chi connectivity index (χ1v) is 10.9. The first-order valence-electron chi connectivity index (χ1n) is 10.6. The monoisotopic (exact) mass is 484 g/mol. The van der Waals surface area contributed by atoms with Crippen molar-refractivity contribution in [1.82, 2.24) is 4.57 Å². The molecule has 1 heterocycles. The van der Waals surface area contributed by atoms with Crippen LogP contribution in [-0.4, -0.2) is 26.8 Å². The van der Waals surface area contributed by atoms with Gasteiger partial charge in [-0.15, -0.1) is 0 Å². The Morgan fingerprint density at radius 3 is 2.47 bits per heavy atom. The van der Waals surface area contributed by atoms with Crippen LogP contribution >= 0.6 is 11.6 Å². The van der Waals surface area contributed by atoms with E-state index in [9.17, 15) is 24.5 Å². The highest BCUT2D eigenvalue weighted by atomic mass is 35.5. The van der Waals surface area contributed by atoms with E-state index in [0.717, 1.165) is 0 Å². The van der Waals surface area contributed by atoms with Crippen molar-refractivity contribution in [2.24, 2.45) is 0 Å². The van der Waals surface area contributed by atoms with Crippen LogP contribution in [0.5, 0.6) is 0 Å². The Kier molecular flexibility index (Phi) is 5.91. The first kappa shape index (κ1) is 23.4. The number of benzene rings is 2. The average Bonchev–Trinajstić information content (AvgIpc) is 3.14. The van der Waals surface area contributed by atoms with Crippen molar-refractivity contribution in [2.75, 3.05) is 0 Å². The van der Waals surface area contributed by atoms with Gasteiger partial charge in [0.25, 0.3) is 5.69 Å². The largest absolute Gasteiger partial charge is 0.447 e. The van der Waals surface area contributed by atoms with Crippen LogP contribution in [-0.2, 0) is 9.53 Å². The van der Waals surface area contributed by atoms with E-state index in [-0.39, 0.29) is 29.3 Å². The summed E-state index contributed by atoms with van der Waals surface area (Å²) in [4.78, 5) is 49.0. The molecule has 0 unspecified atom stereocenters. The third kappa shape index (κ3) is 3.81. The molecule has 0 bridgehead atoms. The maximum Gasteiger partial charge on any atom is 0.424 e. The van der Waals surface area contributed by atoms with Gasteiger partial charge < -0.3 is 9.15 Å². The van der Waals surface area contributed by atoms with Crippen LogP contribution in [0, 0.1) is 10.1 Å². The number of hydrogen-bond acceptors (Lipinski definition) is 7. The molecule has 10 heteroatoms. The van der Waals surface area contributed by atoms with Crippen LogP contribution < -0.4 is 5.76 Å². The number of non-ortho nitro benzene ring substituents is 1. The molecule has 1 aliphatic rings. The van der Waals surface area contributed by atoms with E-state index in [1.54, 1.807) is 31.2 Å². The lowest BCUT2D eigenvalue weighted by Crippen LogP contribution is -2.50. The Bertz CT molecular complexity index is 1360. The highest BCUT2D eigenvalue weighted by Crippen LogP contribution is 2.48. The zero-order chi connectivity index (χ0) is 24.8. The third-order valence-electron chi connectivity index (χ3n) is 6.29. The molecule has 1 aromatic heterocycles. The average molecular weight is 485 g/mol. The fourth-order valence-electron chi connectivity index (χ4n) is 4.57. The molecule has 3 aromatic rings. The normalized spacial score (nSPS) is 21.5. The van der Waals surface area contributed by atoms with E-state index in [1.165, 1.54) is 35.8 Å². The molecule has 0 fully saturated rings. The van der Waals surface area contributed by atoms with Gasteiger partial charge in [-0.1, -0.05) is 31.5 Å². The number of halogens is 1. The summed E-state index contributed by atoms with van der Waals surface area (Å²) in [5.41, 5.74) is -0.578. The molecule has 9 nitrogen and oxygen atoms in total. The highest BCUT2D eigenvalue weighted by molar-refractivity contribution is 6.30. The molecule has 4 rings (SSSR count). The lowest BCUT2D eigenvalue weighted by Gasteiger charge is -2.41. The van der Waals surface area contributed by atoms with E-state index in [0.29, 0.717) is 16.4 Å². The zero-order valence-electron chi connectivity index (χ0n) is 18.6. The molecular weight excluding hydrogens is 464 g/mol. The summed E-state index contributed by atoms with van der Waals surface area (Å²) in [6, 6.07) is 11.7. The van der Waals surface area contributed by atoms with Crippen molar-refractivity contribution in [1.29, 1.82) is 0 Å². The van der Waals surface area contributed by atoms with Crippen molar-refractivity contribution in [3.8, 4) is 5.69 Å².